The molecule has 148 valence electrons. The zero-order chi connectivity index (χ0) is 19.5. The number of benzene rings is 1. The van der Waals surface area contributed by atoms with Crippen molar-refractivity contribution in [2.45, 2.75) is 13.2 Å². The van der Waals surface area contributed by atoms with Crippen LogP contribution in [0, 0.1) is 11.8 Å². The topological polar surface area (TPSA) is 41.5 Å². The van der Waals surface area contributed by atoms with Crippen LogP contribution in [0.1, 0.15) is 11.3 Å². The molecule has 1 aromatic carbocycles. The summed E-state index contributed by atoms with van der Waals surface area (Å²) < 4.78 is 5.97. The highest BCUT2D eigenvalue weighted by atomic mass is 16.5. The highest BCUT2D eigenvalue weighted by Gasteiger charge is 2.40. The number of fused-ring (bicyclic) bond motifs is 1. The average Bonchev–Trinajstić information content (AvgIpc) is 3.33. The summed E-state index contributed by atoms with van der Waals surface area (Å²) in [4.78, 5) is 13.9. The Kier molecular flexibility index (Phi) is 5.13. The second-order valence-corrected chi connectivity index (χ2v) is 8.09. The van der Waals surface area contributed by atoms with Gasteiger partial charge in [-0.15, -0.1) is 0 Å². The summed E-state index contributed by atoms with van der Waals surface area (Å²) in [5, 5.41) is 0. The van der Waals surface area contributed by atoms with Crippen molar-refractivity contribution in [1.82, 2.24) is 14.9 Å². The van der Waals surface area contributed by atoms with Gasteiger partial charge in [0.2, 0.25) is 0 Å². The lowest BCUT2D eigenvalue weighted by Gasteiger charge is -2.23. The molecule has 29 heavy (non-hydrogen) atoms. The molecule has 0 radical (unpaired) electrons. The van der Waals surface area contributed by atoms with Crippen molar-refractivity contribution in [2.75, 3.05) is 31.1 Å². The van der Waals surface area contributed by atoms with Gasteiger partial charge in [-0.1, -0.05) is 36.4 Å². The molecule has 2 saturated heterocycles. The van der Waals surface area contributed by atoms with Gasteiger partial charge in [0, 0.05) is 45.0 Å². The lowest BCUT2D eigenvalue weighted by Crippen LogP contribution is -2.28. The Morgan fingerprint density at radius 3 is 2.45 bits per heavy atom. The minimum atomic E-state index is 0.569. The SMILES string of the molecule is c1ccc(COc2cncc(N3C[C@H]4CN(Cc5ccccn5)C[C@H]4C3)c2)cc1. The average molecular weight is 386 g/mol. The number of anilines is 1. The summed E-state index contributed by atoms with van der Waals surface area (Å²) in [6, 6.07) is 18.5. The summed E-state index contributed by atoms with van der Waals surface area (Å²) in [5.74, 6) is 2.26. The van der Waals surface area contributed by atoms with Crippen LogP contribution in [0.3, 0.4) is 0 Å². The standard InChI is InChI=1S/C24H26N4O/c1-2-6-19(7-3-1)18-29-24-10-23(11-25-12-24)28-15-20-13-27(14-21(20)16-28)17-22-8-4-5-9-26-22/h1-12,20-21H,13-18H2/t20-,21+. The molecule has 2 aromatic heterocycles. The molecule has 5 nitrogen and oxygen atoms in total. The molecule has 0 spiro atoms. The summed E-state index contributed by atoms with van der Waals surface area (Å²) in [6.07, 6.45) is 5.65. The van der Waals surface area contributed by atoms with Crippen LogP contribution >= 0.6 is 0 Å². The molecular formula is C24H26N4O. The molecule has 0 bridgehead atoms. The molecule has 3 aromatic rings. The molecule has 0 unspecified atom stereocenters. The first-order valence-corrected chi connectivity index (χ1v) is 10.3. The predicted octanol–water partition coefficient (Wildman–Crippen LogP) is 3.62. The molecular weight excluding hydrogens is 360 g/mol. The molecule has 0 amide bonds. The summed E-state index contributed by atoms with van der Waals surface area (Å²) >= 11 is 0. The van der Waals surface area contributed by atoms with E-state index in [1.54, 1.807) is 6.20 Å². The van der Waals surface area contributed by atoms with Gasteiger partial charge >= 0.3 is 0 Å². The first kappa shape index (κ1) is 18.1. The Morgan fingerprint density at radius 1 is 0.897 bits per heavy atom. The maximum atomic E-state index is 5.97. The highest BCUT2D eigenvalue weighted by Crippen LogP contribution is 2.35. The van der Waals surface area contributed by atoms with Gasteiger partial charge in [0.25, 0.3) is 0 Å². The van der Waals surface area contributed by atoms with E-state index in [4.69, 9.17) is 4.74 Å². The maximum absolute atomic E-state index is 5.97. The molecule has 4 heterocycles. The number of likely N-dealkylation sites (tertiary alicyclic amines) is 1. The predicted molar refractivity (Wildman–Crippen MR) is 114 cm³/mol. The molecule has 2 fully saturated rings. The highest BCUT2D eigenvalue weighted by molar-refractivity contribution is 5.49. The number of nitrogens with zero attached hydrogens (tertiary/aromatic N) is 4. The Balaban J connectivity index is 1.17. The Labute approximate surface area is 172 Å². The van der Waals surface area contributed by atoms with Crippen molar-refractivity contribution in [3.63, 3.8) is 0 Å². The van der Waals surface area contributed by atoms with Crippen molar-refractivity contribution in [1.29, 1.82) is 0 Å². The van der Waals surface area contributed by atoms with Crippen LogP contribution in [0.15, 0.2) is 73.2 Å². The van der Waals surface area contributed by atoms with E-state index in [0.717, 1.165) is 44.2 Å². The maximum Gasteiger partial charge on any atom is 0.140 e. The van der Waals surface area contributed by atoms with E-state index in [0.29, 0.717) is 18.4 Å². The zero-order valence-electron chi connectivity index (χ0n) is 16.5. The fourth-order valence-corrected chi connectivity index (χ4v) is 4.55. The molecule has 2 atom stereocenters. The van der Waals surface area contributed by atoms with E-state index in [9.17, 15) is 0 Å². The van der Waals surface area contributed by atoms with Crippen molar-refractivity contribution in [2.24, 2.45) is 11.8 Å². The largest absolute Gasteiger partial charge is 0.487 e. The molecule has 5 rings (SSSR count). The van der Waals surface area contributed by atoms with Gasteiger partial charge in [0.15, 0.2) is 0 Å². The third kappa shape index (κ3) is 4.25. The molecule has 0 N–H and O–H groups in total. The van der Waals surface area contributed by atoms with E-state index >= 15 is 0 Å². The number of hydrogen-bond acceptors (Lipinski definition) is 5. The van der Waals surface area contributed by atoms with Gasteiger partial charge < -0.3 is 9.64 Å². The monoisotopic (exact) mass is 386 g/mol. The number of hydrogen-bond donors (Lipinski definition) is 0. The first-order chi connectivity index (χ1) is 14.3. The van der Waals surface area contributed by atoms with Crippen LogP contribution in [0.25, 0.3) is 0 Å². The molecule has 2 aliphatic heterocycles. The lowest BCUT2D eigenvalue weighted by molar-refractivity contribution is 0.303. The van der Waals surface area contributed by atoms with Crippen LogP contribution in [0.4, 0.5) is 5.69 Å². The van der Waals surface area contributed by atoms with E-state index in [1.165, 1.54) is 11.3 Å². The smallest absolute Gasteiger partial charge is 0.140 e. The fraction of sp³-hybridized carbons (Fsp3) is 0.333. The molecule has 5 heteroatoms. The third-order valence-electron chi connectivity index (χ3n) is 5.99. The number of ether oxygens (including phenoxy) is 1. The zero-order valence-corrected chi connectivity index (χ0v) is 16.5. The first-order valence-electron chi connectivity index (χ1n) is 10.3. The normalized spacial score (nSPS) is 21.3. The third-order valence-corrected chi connectivity index (χ3v) is 5.99. The Hall–Kier alpha value is -2.92. The van der Waals surface area contributed by atoms with Gasteiger partial charge in [-0.05, 0) is 29.5 Å². The van der Waals surface area contributed by atoms with Crippen LogP contribution in [-0.4, -0.2) is 41.0 Å². The second kappa shape index (κ2) is 8.21. The Morgan fingerprint density at radius 2 is 1.69 bits per heavy atom. The number of pyridine rings is 2. The van der Waals surface area contributed by atoms with Crippen LogP contribution in [0.5, 0.6) is 5.75 Å². The Bertz CT molecular complexity index is 920. The van der Waals surface area contributed by atoms with Gasteiger partial charge in [-0.2, -0.15) is 0 Å². The van der Waals surface area contributed by atoms with Crippen molar-refractivity contribution >= 4 is 5.69 Å². The van der Waals surface area contributed by atoms with Crippen molar-refractivity contribution in [3.05, 3.63) is 84.4 Å². The van der Waals surface area contributed by atoms with Crippen molar-refractivity contribution < 1.29 is 4.74 Å². The van der Waals surface area contributed by atoms with Crippen LogP contribution < -0.4 is 9.64 Å². The molecule has 2 aliphatic rings. The van der Waals surface area contributed by atoms with Crippen molar-refractivity contribution in [3.8, 4) is 5.75 Å². The van der Waals surface area contributed by atoms with Crippen LogP contribution in [-0.2, 0) is 13.2 Å². The number of aromatic nitrogens is 2. The van der Waals surface area contributed by atoms with Gasteiger partial charge in [0.1, 0.15) is 12.4 Å². The second-order valence-electron chi connectivity index (χ2n) is 8.09. The number of rotatable bonds is 6. The lowest BCUT2D eigenvalue weighted by atomic mass is 10.0. The minimum Gasteiger partial charge on any atom is -0.487 e. The van der Waals surface area contributed by atoms with E-state index in [1.807, 2.05) is 36.7 Å². The van der Waals surface area contributed by atoms with E-state index in [-0.39, 0.29) is 0 Å². The van der Waals surface area contributed by atoms with Crippen LogP contribution in [0.2, 0.25) is 0 Å². The van der Waals surface area contributed by atoms with Gasteiger partial charge in [0.05, 0.1) is 23.8 Å². The fourth-order valence-electron chi connectivity index (χ4n) is 4.55. The minimum absolute atomic E-state index is 0.569. The summed E-state index contributed by atoms with van der Waals surface area (Å²) in [5.41, 5.74) is 3.50. The van der Waals surface area contributed by atoms with E-state index in [2.05, 4.69) is 50.1 Å². The van der Waals surface area contributed by atoms with E-state index < -0.39 is 0 Å². The quantitative estimate of drug-likeness (QED) is 0.647. The van der Waals surface area contributed by atoms with Gasteiger partial charge in [-0.3, -0.25) is 14.9 Å². The molecule has 0 saturated carbocycles. The summed E-state index contributed by atoms with van der Waals surface area (Å²) in [6.45, 7) is 6.00. The summed E-state index contributed by atoms with van der Waals surface area (Å²) in [7, 11) is 0. The van der Waals surface area contributed by atoms with Gasteiger partial charge in [-0.25, -0.2) is 0 Å². The molecule has 0 aliphatic carbocycles.